The number of carbonyl (C=O) groups is 2. The fourth-order valence-corrected chi connectivity index (χ4v) is 5.71. The van der Waals surface area contributed by atoms with Gasteiger partial charge in [-0.25, -0.2) is 9.37 Å². The van der Waals surface area contributed by atoms with E-state index in [1.807, 2.05) is 6.92 Å². The maximum Gasteiger partial charge on any atom is 0.261 e. The van der Waals surface area contributed by atoms with Crippen LogP contribution in [-0.4, -0.2) is 78.3 Å². The molecule has 0 unspecified atom stereocenters. The largest absolute Gasteiger partial charge is 0.507 e. The lowest BCUT2D eigenvalue weighted by atomic mass is 10.1. The third kappa shape index (κ3) is 3.75. The third-order valence-corrected chi connectivity index (χ3v) is 7.69. The minimum absolute atomic E-state index is 0.0376. The monoisotopic (exact) mass is 550 g/mol. The number of carbonyl (C=O) groups excluding carboxylic acids is 2. The van der Waals surface area contributed by atoms with E-state index in [4.69, 9.17) is 21.3 Å². The van der Waals surface area contributed by atoms with Gasteiger partial charge in [0.2, 0.25) is 5.91 Å². The number of nitrogens with zero attached hydrogens (tertiary/aromatic N) is 6. The molecule has 39 heavy (non-hydrogen) atoms. The van der Waals surface area contributed by atoms with Crippen molar-refractivity contribution in [3.8, 4) is 28.6 Å². The fraction of sp³-hybridized carbons (Fsp3) is 0.259. The smallest absolute Gasteiger partial charge is 0.261 e. The number of phenolic OH excluding ortho intramolecular Hbond substituents is 1. The normalized spacial score (nSPS) is 17.0. The number of fused-ring (bicyclic) bond motifs is 3. The molecule has 0 saturated carbocycles. The molecule has 0 aliphatic carbocycles. The molecule has 1 saturated heterocycles. The number of halogens is 2. The van der Waals surface area contributed by atoms with E-state index in [9.17, 15) is 14.7 Å². The first-order valence-electron chi connectivity index (χ1n) is 12.3. The number of aryl methyl sites for hydroxylation is 2. The van der Waals surface area contributed by atoms with E-state index in [0.29, 0.717) is 6.54 Å². The van der Waals surface area contributed by atoms with Crippen LogP contribution in [0.1, 0.15) is 16.1 Å². The summed E-state index contributed by atoms with van der Waals surface area (Å²) >= 11 is 6.79. The summed E-state index contributed by atoms with van der Waals surface area (Å²) in [4.78, 5) is 34.4. The Morgan fingerprint density at radius 3 is 2.82 bits per heavy atom. The molecule has 10 nitrogen and oxygen atoms in total. The van der Waals surface area contributed by atoms with Gasteiger partial charge in [-0.3, -0.25) is 14.3 Å². The molecule has 12 heteroatoms. The van der Waals surface area contributed by atoms with Crippen molar-refractivity contribution in [2.75, 3.05) is 26.2 Å². The van der Waals surface area contributed by atoms with Crippen molar-refractivity contribution in [2.45, 2.75) is 13.0 Å². The molecule has 5 heterocycles. The lowest BCUT2D eigenvalue weighted by Crippen LogP contribution is -2.57. The van der Waals surface area contributed by atoms with Gasteiger partial charge in [0.15, 0.2) is 11.6 Å². The Morgan fingerprint density at radius 2 is 2.10 bits per heavy atom. The van der Waals surface area contributed by atoms with E-state index in [2.05, 4.69) is 11.7 Å². The summed E-state index contributed by atoms with van der Waals surface area (Å²) in [6.45, 7) is 6.32. The van der Waals surface area contributed by atoms with Crippen molar-refractivity contribution < 1.29 is 23.8 Å². The Balaban J connectivity index is 1.59. The predicted molar refractivity (Wildman–Crippen MR) is 142 cm³/mol. The second-order valence-corrected chi connectivity index (χ2v) is 9.92. The predicted octanol–water partition coefficient (Wildman–Crippen LogP) is 3.46. The summed E-state index contributed by atoms with van der Waals surface area (Å²) < 4.78 is 24.7. The number of pyridine rings is 1. The highest BCUT2D eigenvalue weighted by Gasteiger charge is 2.40. The molecular formula is C27H24ClFN6O4. The average Bonchev–Trinajstić information content (AvgIpc) is 3.41. The summed E-state index contributed by atoms with van der Waals surface area (Å²) in [6.07, 6.45) is 4.72. The minimum Gasteiger partial charge on any atom is -0.507 e. The van der Waals surface area contributed by atoms with Gasteiger partial charge in [-0.05, 0) is 25.1 Å². The quantitative estimate of drug-likeness (QED) is 0.392. The molecule has 0 radical (unpaired) electrons. The number of hydrogen-bond donors (Lipinski definition) is 1. The number of hydrogen-bond acceptors (Lipinski definition) is 6. The van der Waals surface area contributed by atoms with Gasteiger partial charge in [0.25, 0.3) is 5.91 Å². The SMILES string of the molecule is C=CC(=O)N1CCN2C(=O)c3c(-n4cc5cnn(C)c5c4C)nc(-c4c(O)cccc4F)c(Cl)c3OC[C@H]2C1. The number of ether oxygens (including phenoxy) is 1. The van der Waals surface area contributed by atoms with Crippen molar-refractivity contribution in [1.82, 2.24) is 29.1 Å². The number of amides is 2. The van der Waals surface area contributed by atoms with Crippen LogP contribution >= 0.6 is 11.6 Å². The van der Waals surface area contributed by atoms with Crippen LogP contribution in [0, 0.1) is 12.7 Å². The number of phenols is 1. The van der Waals surface area contributed by atoms with E-state index < -0.39 is 11.9 Å². The number of piperazine rings is 1. The van der Waals surface area contributed by atoms with E-state index in [0.717, 1.165) is 16.6 Å². The zero-order chi connectivity index (χ0) is 27.6. The van der Waals surface area contributed by atoms with Gasteiger partial charge in [-0.2, -0.15) is 5.10 Å². The summed E-state index contributed by atoms with van der Waals surface area (Å²) in [5.41, 5.74) is 1.41. The maximum absolute atomic E-state index is 15.0. The summed E-state index contributed by atoms with van der Waals surface area (Å²) in [7, 11) is 1.81. The number of benzene rings is 1. The Hall–Kier alpha value is -4.38. The highest BCUT2D eigenvalue weighted by molar-refractivity contribution is 6.35. The first-order valence-corrected chi connectivity index (χ1v) is 12.7. The van der Waals surface area contributed by atoms with E-state index in [1.54, 1.807) is 38.5 Å². The molecule has 2 amide bonds. The van der Waals surface area contributed by atoms with E-state index in [-0.39, 0.29) is 70.7 Å². The number of rotatable bonds is 3. The lowest BCUT2D eigenvalue weighted by Gasteiger charge is -2.39. The second-order valence-electron chi connectivity index (χ2n) is 9.54. The zero-order valence-corrected chi connectivity index (χ0v) is 21.9. The molecule has 200 valence electrons. The van der Waals surface area contributed by atoms with Gasteiger partial charge < -0.3 is 24.2 Å². The topological polar surface area (TPSA) is 106 Å². The van der Waals surface area contributed by atoms with Crippen LogP contribution in [0.3, 0.4) is 0 Å². The van der Waals surface area contributed by atoms with Crippen molar-refractivity contribution in [3.05, 3.63) is 65.3 Å². The van der Waals surface area contributed by atoms with Gasteiger partial charge in [-0.1, -0.05) is 24.2 Å². The molecule has 0 bridgehead atoms. The maximum atomic E-state index is 15.0. The van der Waals surface area contributed by atoms with E-state index in [1.165, 1.54) is 24.3 Å². The molecule has 4 aromatic rings. The van der Waals surface area contributed by atoms with Crippen LogP contribution in [0.25, 0.3) is 28.0 Å². The van der Waals surface area contributed by atoms with Crippen molar-refractivity contribution >= 4 is 34.3 Å². The lowest BCUT2D eigenvalue weighted by molar-refractivity contribution is -0.128. The average molecular weight is 551 g/mol. The Labute approximate surface area is 227 Å². The molecule has 1 N–H and O–H groups in total. The highest BCUT2D eigenvalue weighted by Crippen LogP contribution is 2.45. The Kier molecular flexibility index (Phi) is 5.83. The summed E-state index contributed by atoms with van der Waals surface area (Å²) in [5.74, 6) is -1.48. The van der Waals surface area contributed by atoms with Crippen LogP contribution in [0.15, 0.2) is 43.2 Å². The number of aromatic hydroxyl groups is 1. The van der Waals surface area contributed by atoms with Crippen LogP contribution in [0.2, 0.25) is 5.02 Å². The Bertz CT molecular complexity index is 1680. The third-order valence-electron chi connectivity index (χ3n) is 7.34. The van der Waals surface area contributed by atoms with Crippen LogP contribution in [0.5, 0.6) is 11.5 Å². The molecular weight excluding hydrogens is 527 g/mol. The second kappa shape index (κ2) is 9.12. The molecule has 1 aromatic carbocycles. The fourth-order valence-electron chi connectivity index (χ4n) is 5.42. The van der Waals surface area contributed by atoms with Crippen LogP contribution in [-0.2, 0) is 11.8 Å². The molecule has 2 aliphatic rings. The zero-order valence-electron chi connectivity index (χ0n) is 21.2. The molecule has 1 atom stereocenters. The minimum atomic E-state index is -0.732. The van der Waals surface area contributed by atoms with Crippen LogP contribution < -0.4 is 4.74 Å². The van der Waals surface area contributed by atoms with Gasteiger partial charge in [0, 0.05) is 44.0 Å². The molecule has 2 aliphatic heterocycles. The van der Waals surface area contributed by atoms with Crippen molar-refractivity contribution in [2.24, 2.45) is 7.05 Å². The molecule has 6 rings (SSSR count). The molecule has 3 aromatic heterocycles. The van der Waals surface area contributed by atoms with Crippen LogP contribution in [0.4, 0.5) is 4.39 Å². The molecule has 1 fully saturated rings. The van der Waals surface area contributed by atoms with Gasteiger partial charge in [-0.15, -0.1) is 0 Å². The molecule has 0 spiro atoms. The van der Waals surface area contributed by atoms with Crippen molar-refractivity contribution in [1.29, 1.82) is 0 Å². The summed E-state index contributed by atoms with van der Waals surface area (Å²) in [6, 6.07) is 3.44. The standard InChI is InChI=1S/C27H24ClFN6O4/c1-4-19(37)33-8-9-34-16(12-33)13-39-25-21(27(34)38)26(35-11-15-10-30-32(3)24(15)14(35)2)31-23(22(25)28)20-17(29)6-5-7-18(20)36/h4-7,10-11,16,36H,1,8-9,12-13H2,2-3H3/t16-/m1/s1. The van der Waals surface area contributed by atoms with Gasteiger partial charge in [0.1, 0.15) is 34.5 Å². The number of aromatic nitrogens is 4. The Morgan fingerprint density at radius 1 is 1.31 bits per heavy atom. The van der Waals surface area contributed by atoms with Gasteiger partial charge in [0.05, 0.1) is 23.3 Å². The van der Waals surface area contributed by atoms with Crippen molar-refractivity contribution in [3.63, 3.8) is 0 Å². The first-order chi connectivity index (χ1) is 18.7. The highest BCUT2D eigenvalue weighted by atomic mass is 35.5. The first kappa shape index (κ1) is 24.9. The van der Waals surface area contributed by atoms with Gasteiger partial charge >= 0.3 is 0 Å². The summed E-state index contributed by atoms with van der Waals surface area (Å²) in [5, 5.41) is 15.6. The van der Waals surface area contributed by atoms with E-state index >= 15 is 4.39 Å².